The number of sulfonamides is 1. The number of hydrogen-bond donors (Lipinski definition) is 2. The number of fused-ring (bicyclic) bond motifs is 2. The van der Waals surface area contributed by atoms with Gasteiger partial charge in [0, 0.05) is 24.2 Å². The van der Waals surface area contributed by atoms with Crippen LogP contribution in [0, 0.1) is 13.8 Å². The molecule has 0 atom stereocenters. The summed E-state index contributed by atoms with van der Waals surface area (Å²) in [6.07, 6.45) is 4.57. The van der Waals surface area contributed by atoms with Crippen molar-refractivity contribution in [2.75, 3.05) is 18.5 Å². The minimum Gasteiger partial charge on any atom is -0.334 e. The SMILES string of the molecule is CNS(=O)(=O)c1ccc(CNC(=O)N2CC3(CCCC3)c3cc(-c4cc(C)ccc4C)ccc32)cc1. The fraction of sp³-hybridized carbons (Fsp3) is 0.345. The van der Waals surface area contributed by atoms with Gasteiger partial charge in [0.15, 0.2) is 0 Å². The molecule has 36 heavy (non-hydrogen) atoms. The molecule has 0 aromatic heterocycles. The number of amides is 2. The third kappa shape index (κ3) is 4.42. The molecule has 188 valence electrons. The Balaban J connectivity index is 1.39. The number of benzene rings is 3. The van der Waals surface area contributed by atoms with Gasteiger partial charge in [-0.05, 0) is 85.8 Å². The minimum atomic E-state index is -3.48. The number of carbonyl (C=O) groups is 1. The van der Waals surface area contributed by atoms with Gasteiger partial charge in [0.2, 0.25) is 10.0 Å². The van der Waals surface area contributed by atoms with Crippen molar-refractivity contribution in [1.29, 1.82) is 0 Å². The Morgan fingerprint density at radius 1 is 0.972 bits per heavy atom. The molecule has 1 heterocycles. The zero-order valence-corrected chi connectivity index (χ0v) is 21.9. The quantitative estimate of drug-likeness (QED) is 0.488. The van der Waals surface area contributed by atoms with Gasteiger partial charge in [-0.3, -0.25) is 4.90 Å². The van der Waals surface area contributed by atoms with Crippen molar-refractivity contribution in [2.24, 2.45) is 0 Å². The molecule has 1 saturated carbocycles. The van der Waals surface area contributed by atoms with Gasteiger partial charge in [0.1, 0.15) is 0 Å². The van der Waals surface area contributed by atoms with Gasteiger partial charge < -0.3 is 5.32 Å². The smallest absolute Gasteiger partial charge is 0.322 e. The monoisotopic (exact) mass is 503 g/mol. The molecule has 0 radical (unpaired) electrons. The Hall–Kier alpha value is -3.16. The average molecular weight is 504 g/mol. The van der Waals surface area contributed by atoms with Crippen molar-refractivity contribution in [3.63, 3.8) is 0 Å². The second-order valence-electron chi connectivity index (χ2n) is 10.1. The summed E-state index contributed by atoms with van der Waals surface area (Å²) in [6.45, 7) is 5.30. The van der Waals surface area contributed by atoms with Crippen LogP contribution in [0.4, 0.5) is 10.5 Å². The first-order valence-electron chi connectivity index (χ1n) is 12.5. The summed E-state index contributed by atoms with van der Waals surface area (Å²) < 4.78 is 26.2. The molecule has 0 bridgehead atoms. The van der Waals surface area contributed by atoms with E-state index in [9.17, 15) is 13.2 Å². The van der Waals surface area contributed by atoms with Crippen LogP contribution in [0.3, 0.4) is 0 Å². The van der Waals surface area contributed by atoms with Crippen molar-refractivity contribution >= 4 is 21.7 Å². The summed E-state index contributed by atoms with van der Waals surface area (Å²) in [4.78, 5) is 15.5. The highest BCUT2D eigenvalue weighted by Crippen LogP contribution is 2.51. The van der Waals surface area contributed by atoms with E-state index in [4.69, 9.17) is 0 Å². The molecule has 2 amide bonds. The predicted octanol–water partition coefficient (Wildman–Crippen LogP) is 5.42. The minimum absolute atomic E-state index is 0.0174. The zero-order valence-electron chi connectivity index (χ0n) is 21.1. The van der Waals surface area contributed by atoms with E-state index in [-0.39, 0.29) is 16.3 Å². The van der Waals surface area contributed by atoms with Gasteiger partial charge in [-0.1, -0.05) is 54.8 Å². The molecule has 0 unspecified atom stereocenters. The molecular formula is C29H33N3O3S. The lowest BCUT2D eigenvalue weighted by molar-refractivity contribution is 0.245. The molecule has 6 nitrogen and oxygen atoms in total. The second-order valence-corrected chi connectivity index (χ2v) is 12.0. The summed E-state index contributed by atoms with van der Waals surface area (Å²) in [6, 6.07) is 19.6. The molecule has 7 heteroatoms. The predicted molar refractivity (Wildman–Crippen MR) is 144 cm³/mol. The van der Waals surface area contributed by atoms with Crippen LogP contribution in [0.25, 0.3) is 11.1 Å². The van der Waals surface area contributed by atoms with Gasteiger partial charge in [-0.2, -0.15) is 0 Å². The lowest BCUT2D eigenvalue weighted by atomic mass is 9.79. The van der Waals surface area contributed by atoms with Crippen LogP contribution in [0.5, 0.6) is 0 Å². The Bertz CT molecular complexity index is 1410. The molecule has 1 spiro atoms. The third-order valence-electron chi connectivity index (χ3n) is 7.78. The van der Waals surface area contributed by atoms with E-state index in [0.717, 1.165) is 24.1 Å². The fourth-order valence-electron chi connectivity index (χ4n) is 5.72. The molecule has 2 N–H and O–H groups in total. The molecule has 1 aliphatic heterocycles. The molecule has 2 aliphatic rings. The highest BCUT2D eigenvalue weighted by atomic mass is 32.2. The van der Waals surface area contributed by atoms with E-state index >= 15 is 0 Å². The highest BCUT2D eigenvalue weighted by molar-refractivity contribution is 7.89. The summed E-state index contributed by atoms with van der Waals surface area (Å²) in [5.74, 6) is 0. The van der Waals surface area contributed by atoms with Crippen molar-refractivity contribution in [2.45, 2.75) is 56.4 Å². The molecule has 3 aromatic carbocycles. The first kappa shape index (κ1) is 24.5. The number of carbonyl (C=O) groups excluding carboxylic acids is 1. The number of hydrogen-bond acceptors (Lipinski definition) is 3. The van der Waals surface area contributed by atoms with Crippen LogP contribution < -0.4 is 14.9 Å². The van der Waals surface area contributed by atoms with E-state index < -0.39 is 10.0 Å². The molecule has 1 fully saturated rings. The van der Waals surface area contributed by atoms with Crippen molar-refractivity contribution in [3.05, 3.63) is 82.9 Å². The van der Waals surface area contributed by atoms with Crippen LogP contribution >= 0.6 is 0 Å². The van der Waals surface area contributed by atoms with Crippen LogP contribution in [0.15, 0.2) is 65.6 Å². The van der Waals surface area contributed by atoms with E-state index in [1.165, 1.54) is 47.7 Å². The van der Waals surface area contributed by atoms with E-state index in [1.54, 1.807) is 24.3 Å². The lowest BCUT2D eigenvalue weighted by Gasteiger charge is -2.25. The lowest BCUT2D eigenvalue weighted by Crippen LogP contribution is -2.41. The van der Waals surface area contributed by atoms with E-state index in [1.807, 2.05) is 4.90 Å². The molecule has 1 aliphatic carbocycles. The van der Waals surface area contributed by atoms with E-state index in [2.05, 4.69) is 60.3 Å². The van der Waals surface area contributed by atoms with Gasteiger partial charge in [0.05, 0.1) is 4.90 Å². The maximum absolute atomic E-state index is 13.4. The fourth-order valence-corrected chi connectivity index (χ4v) is 6.45. The third-order valence-corrected chi connectivity index (χ3v) is 9.21. The summed E-state index contributed by atoms with van der Waals surface area (Å²) in [5, 5.41) is 3.05. The summed E-state index contributed by atoms with van der Waals surface area (Å²) in [7, 11) is -2.09. The molecule has 3 aromatic rings. The first-order valence-corrected chi connectivity index (χ1v) is 14.0. The standard InChI is InChI=1S/C29H33N3O3S/c1-20-6-7-21(2)25(16-20)23-10-13-27-26(17-23)29(14-4-5-15-29)19-32(27)28(33)31-18-22-8-11-24(12-9-22)36(34,35)30-3/h6-13,16-17,30H,4-5,14-15,18-19H2,1-3H3,(H,31,33). The number of aryl methyl sites for hydroxylation is 2. The van der Waals surface area contributed by atoms with Crippen molar-refractivity contribution in [3.8, 4) is 11.1 Å². The highest BCUT2D eigenvalue weighted by Gasteiger charge is 2.46. The average Bonchev–Trinajstić information content (AvgIpc) is 3.49. The Labute approximate surface area is 213 Å². The largest absolute Gasteiger partial charge is 0.334 e. The maximum atomic E-state index is 13.4. The van der Waals surface area contributed by atoms with Crippen molar-refractivity contribution < 1.29 is 13.2 Å². The number of rotatable bonds is 5. The Kier molecular flexibility index (Phi) is 6.39. The van der Waals surface area contributed by atoms with Crippen LogP contribution in [-0.2, 0) is 22.0 Å². The number of anilines is 1. The summed E-state index contributed by atoms with van der Waals surface area (Å²) >= 11 is 0. The van der Waals surface area contributed by atoms with E-state index in [0.29, 0.717) is 13.1 Å². The van der Waals surface area contributed by atoms with Crippen molar-refractivity contribution in [1.82, 2.24) is 10.0 Å². The number of urea groups is 1. The van der Waals surface area contributed by atoms with Gasteiger partial charge in [-0.15, -0.1) is 0 Å². The maximum Gasteiger partial charge on any atom is 0.322 e. The second kappa shape index (κ2) is 9.37. The zero-order chi connectivity index (χ0) is 25.5. The first-order chi connectivity index (χ1) is 17.2. The topological polar surface area (TPSA) is 78.5 Å². The van der Waals surface area contributed by atoms with Gasteiger partial charge >= 0.3 is 6.03 Å². The van der Waals surface area contributed by atoms with Crippen LogP contribution in [0.1, 0.15) is 47.9 Å². The molecule has 0 saturated heterocycles. The Morgan fingerprint density at radius 2 is 1.69 bits per heavy atom. The molecular weight excluding hydrogens is 470 g/mol. The van der Waals surface area contributed by atoms with Gasteiger partial charge in [-0.25, -0.2) is 17.9 Å². The molecule has 5 rings (SSSR count). The number of nitrogens with zero attached hydrogens (tertiary/aromatic N) is 1. The normalized spacial score (nSPS) is 16.4. The summed E-state index contributed by atoms with van der Waals surface area (Å²) in [5.41, 5.74) is 8.10. The van der Waals surface area contributed by atoms with Gasteiger partial charge in [0.25, 0.3) is 0 Å². The number of nitrogens with one attached hydrogen (secondary N) is 2. The van der Waals surface area contributed by atoms with Crippen LogP contribution in [0.2, 0.25) is 0 Å². The Morgan fingerprint density at radius 3 is 2.39 bits per heavy atom. The van der Waals surface area contributed by atoms with Crippen LogP contribution in [-0.4, -0.2) is 28.0 Å².